The number of rotatable bonds is 39. The predicted octanol–water partition coefficient (Wildman–Crippen LogP) is 17.9. The number of phenolic OH excluding ortho intramolecular Hbond substituents is 2. The molecule has 2 unspecified atom stereocenters. The van der Waals surface area contributed by atoms with Crippen LogP contribution >= 0.6 is 46.4 Å². The van der Waals surface area contributed by atoms with Crippen LogP contribution in [-0.4, -0.2) is 128 Å². The highest BCUT2D eigenvalue weighted by molar-refractivity contribution is 6.34. The Morgan fingerprint density at radius 3 is 0.899 bits per heavy atom. The van der Waals surface area contributed by atoms with Gasteiger partial charge in [-0.05, 0) is 164 Å². The molecule has 12 aromatic rings. The number of unbranched alkanes of at least 4 members (excludes halogenated alkanes) is 2. The van der Waals surface area contributed by atoms with Crippen LogP contribution in [0.15, 0.2) is 286 Å². The number of hydrogen-bond donors (Lipinski definition) is 6. The molecule has 34 heteroatoms. The van der Waals surface area contributed by atoms with Gasteiger partial charge >= 0.3 is 24.2 Å². The molecule has 0 saturated carbocycles. The summed E-state index contributed by atoms with van der Waals surface area (Å²) in [6.45, 7) is 3.26. The smallest absolute Gasteiger partial charge is 0.373 e. The summed E-state index contributed by atoms with van der Waals surface area (Å²) in [7, 11) is 0. The zero-order chi connectivity index (χ0) is 98.4. The number of phenols is 2. The van der Waals surface area contributed by atoms with Crippen molar-refractivity contribution in [3.63, 3.8) is 0 Å². The summed E-state index contributed by atoms with van der Waals surface area (Å²) in [4.78, 5) is 156. The lowest BCUT2D eigenvalue weighted by Crippen LogP contribution is -2.30. The van der Waals surface area contributed by atoms with Crippen LogP contribution < -0.4 is 22.3 Å². The molecule has 4 aliphatic rings. The number of aromatic nitrogens is 8. The van der Waals surface area contributed by atoms with Crippen LogP contribution in [0, 0.1) is 0 Å². The number of carboxylic acids is 2. The fourth-order valence-electron chi connectivity index (χ4n) is 16.3. The molecular formula is C105H92Cl4N14O16. The van der Waals surface area contributed by atoms with Gasteiger partial charge in [0.05, 0.1) is 87.9 Å². The minimum atomic E-state index is -1.20. The number of nitrogens with zero attached hydrogens (tertiary/aromatic N) is 12. The number of carboxylic acid groups (broad SMARTS) is 2. The number of benzene rings is 6. The lowest BCUT2D eigenvalue weighted by Gasteiger charge is -2.26. The predicted molar refractivity (Wildman–Crippen MR) is 520 cm³/mol. The van der Waals surface area contributed by atoms with E-state index in [0.717, 1.165) is 45.6 Å². The number of Topliss-reactive ketones (excluding diaryl/α,β-unsaturated/α-hetero) is 2. The van der Waals surface area contributed by atoms with E-state index in [4.69, 9.17) is 91.0 Å². The van der Waals surface area contributed by atoms with Crippen LogP contribution in [0.2, 0.25) is 20.1 Å². The molecule has 706 valence electrons. The topological polar surface area (TPSA) is 446 Å². The molecule has 8 aromatic heterocycles. The number of nitrogens with two attached hydrogens (primary N) is 2. The molecule has 10 heterocycles. The Hall–Kier alpha value is -15.0. The maximum absolute atomic E-state index is 14.5. The first-order valence-electron chi connectivity index (χ1n) is 43.9. The number of hydrogen-bond acceptors (Lipinski definition) is 28. The van der Waals surface area contributed by atoms with Gasteiger partial charge in [-0.1, -0.05) is 144 Å². The van der Waals surface area contributed by atoms with Gasteiger partial charge in [0.2, 0.25) is 10.9 Å². The van der Waals surface area contributed by atoms with E-state index in [0.29, 0.717) is 144 Å². The summed E-state index contributed by atoms with van der Waals surface area (Å²) in [5, 5.41) is 43.5. The van der Waals surface area contributed by atoms with E-state index >= 15 is 0 Å². The van der Waals surface area contributed by atoms with Gasteiger partial charge in [0.25, 0.3) is 0 Å². The molecule has 0 bridgehead atoms. The summed E-state index contributed by atoms with van der Waals surface area (Å²) in [6.07, 6.45) is 16.4. The second-order valence-electron chi connectivity index (χ2n) is 32.5. The molecule has 0 fully saturated rings. The van der Waals surface area contributed by atoms with Crippen LogP contribution in [0.3, 0.4) is 0 Å². The summed E-state index contributed by atoms with van der Waals surface area (Å²) in [6, 6.07) is 63.6. The van der Waals surface area contributed by atoms with Crippen LogP contribution in [0.5, 0.6) is 11.5 Å². The summed E-state index contributed by atoms with van der Waals surface area (Å²) < 4.78 is 14.0. The van der Waals surface area contributed by atoms with Gasteiger partial charge in [0, 0.05) is 185 Å². The number of carbonyl (C=O) groups excluding carboxylic acids is 6. The molecule has 30 nitrogen and oxygen atoms in total. The van der Waals surface area contributed by atoms with E-state index in [1.165, 1.54) is 0 Å². The summed E-state index contributed by atoms with van der Waals surface area (Å²) in [5.41, 5.74) is 22.5. The molecule has 0 saturated heterocycles. The SMILES string of the molecule is NC(CCC(=O)c1cccc(-c2c3cc(Cl)c(=O)c(CN(Cc4ccccn4)Cc4ccccn4)c-3oc3c(CN(Cc4ccccn4)Cc4ccccn4)c(O)c(Cl)cc23)c1)C(=O)O.NC(CCCCCC(=O)c1cccc(-c2c3cc(Cl)c(=O)c(CN(Cc4ccccn4)Cc4ccccn4)c-3oc3c(CN(Cc4ccccn4)Cc4ccccn4)c(O)c(Cl)cc23)c1)C(=O)O.O=C=O.O=C=O. The van der Waals surface area contributed by atoms with Crippen molar-refractivity contribution in [3.05, 3.63) is 387 Å². The number of halogens is 4. The van der Waals surface area contributed by atoms with Gasteiger partial charge in [-0.25, -0.2) is 0 Å². The molecule has 2 aliphatic heterocycles. The third-order valence-corrected chi connectivity index (χ3v) is 23.9. The minimum Gasteiger partial charge on any atom is -0.506 e. The molecule has 8 N–H and O–H groups in total. The van der Waals surface area contributed by atoms with E-state index in [1.54, 1.807) is 110 Å². The minimum absolute atomic E-state index is 0.0317. The van der Waals surface area contributed by atoms with Crippen LogP contribution in [0.25, 0.3) is 66.8 Å². The number of aromatic hydroxyl groups is 2. The third kappa shape index (κ3) is 27.1. The maximum Gasteiger partial charge on any atom is 0.373 e. The molecular weight excluding hydrogens is 1860 g/mol. The third-order valence-electron chi connectivity index (χ3n) is 22.8. The summed E-state index contributed by atoms with van der Waals surface area (Å²) >= 11 is 27.8. The Kier molecular flexibility index (Phi) is 36.3. The molecule has 16 rings (SSSR count). The zero-order valence-electron chi connectivity index (χ0n) is 74.7. The van der Waals surface area contributed by atoms with Crippen molar-refractivity contribution >= 4 is 104 Å². The van der Waals surface area contributed by atoms with Crippen LogP contribution in [-0.2, 0) is 107 Å². The van der Waals surface area contributed by atoms with Gasteiger partial charge in [0.1, 0.15) is 46.3 Å². The van der Waals surface area contributed by atoms with Gasteiger partial charge in [-0.3, -0.25) is 88.2 Å². The van der Waals surface area contributed by atoms with Crippen LogP contribution in [0.1, 0.15) is 133 Å². The largest absolute Gasteiger partial charge is 0.506 e. The molecule has 0 radical (unpaired) electrons. The number of carbonyl (C=O) groups is 4. The van der Waals surface area contributed by atoms with E-state index in [1.807, 2.05) is 168 Å². The second-order valence-corrected chi connectivity index (χ2v) is 34.1. The normalized spacial score (nSPS) is 11.6. The highest BCUT2D eigenvalue weighted by Crippen LogP contribution is 2.50. The quantitative estimate of drug-likeness (QED) is 0.0118. The fourth-order valence-corrected chi connectivity index (χ4v) is 17.2. The Morgan fingerprint density at radius 1 is 0.338 bits per heavy atom. The molecule has 2 atom stereocenters. The molecule has 139 heavy (non-hydrogen) atoms. The van der Waals surface area contributed by atoms with Gasteiger partial charge < -0.3 is 40.7 Å². The molecule has 4 aromatic carbocycles. The van der Waals surface area contributed by atoms with Crippen molar-refractivity contribution in [2.75, 3.05) is 0 Å². The Labute approximate surface area is 816 Å². The number of aliphatic carboxylic acids is 2. The van der Waals surface area contributed by atoms with E-state index in [9.17, 15) is 44.1 Å². The van der Waals surface area contributed by atoms with Crippen molar-refractivity contribution < 1.29 is 67.6 Å². The van der Waals surface area contributed by atoms with Crippen LogP contribution in [0.4, 0.5) is 0 Å². The van der Waals surface area contributed by atoms with Gasteiger partial charge in [-0.15, -0.1) is 0 Å². The molecule has 2 aliphatic carbocycles. The number of pyridine rings is 8. The van der Waals surface area contributed by atoms with Crippen molar-refractivity contribution in [1.82, 2.24) is 59.5 Å². The monoisotopic (exact) mass is 1940 g/mol. The van der Waals surface area contributed by atoms with Crippen molar-refractivity contribution in [1.29, 1.82) is 0 Å². The fraction of sp³-hybridized carbons (Fsp3) is 0.200. The Morgan fingerprint density at radius 2 is 0.619 bits per heavy atom. The van der Waals surface area contributed by atoms with Gasteiger partial charge in [0.15, 0.2) is 11.6 Å². The van der Waals surface area contributed by atoms with Gasteiger partial charge in [-0.2, -0.15) is 19.2 Å². The van der Waals surface area contributed by atoms with E-state index < -0.39 is 34.9 Å². The molecule has 0 amide bonds. The number of fused-ring (bicyclic) bond motifs is 4. The lowest BCUT2D eigenvalue weighted by molar-refractivity contribution is -0.193. The van der Waals surface area contributed by atoms with Crippen molar-refractivity contribution in [3.8, 4) is 56.4 Å². The lowest BCUT2D eigenvalue weighted by atomic mass is 9.89. The Balaban J connectivity index is 0.000000222. The summed E-state index contributed by atoms with van der Waals surface area (Å²) in [5.74, 6) is -2.61. The molecule has 0 spiro atoms. The first kappa shape index (κ1) is 101. The number of ketones is 2. The standard InChI is InChI=1S/C53H49Cl2N7O6.C50H43Cl2N7O6.2CO2/c54-44-26-40-48(35-14-12-13-34(25-35)47(63)20-3-1-2-19-46(56)53(66)67)41-27-45(55)50(65)43(33-62(30-38-17-6-10-23-59-38)31-39-18-7-11-24-60-39)52(41)68-51(40)42(49(44)64)32-61(28-36-15-4-8-21-57-36)29-37-16-5-9-22-58-37;51-41-23-37-45(32-11-9-10-31(22-32)44(60)17-16-43(53)50(63)64)38-24-42(52)47(62)40(30-59(27-35-14-3-7-20-56-35)28-36-15-4-8-21-57-36)49(38)65-48(37)39(46(41)61)29-58(25-33-12-1-5-18-54-33)26-34-13-2-6-19-55-34;2*2-1-3/h4-18,21-27,46,64H,1-3,19-20,28-33,56H2,(H,66,67);1-15,18-24,43,61H,16-17,25-30,53H2,(H,63,64);;. The first-order valence-corrected chi connectivity index (χ1v) is 45.4. The Bertz CT molecular complexity index is 6890. The zero-order valence-corrected chi connectivity index (χ0v) is 77.7. The average molecular weight is 1950 g/mol. The van der Waals surface area contributed by atoms with E-state index in [-0.39, 0.29) is 135 Å². The first-order chi connectivity index (χ1) is 67.4. The second kappa shape index (κ2) is 49.7. The highest BCUT2D eigenvalue weighted by atomic mass is 35.5. The van der Waals surface area contributed by atoms with Crippen molar-refractivity contribution in [2.24, 2.45) is 11.5 Å². The van der Waals surface area contributed by atoms with E-state index in [2.05, 4.69) is 49.7 Å². The van der Waals surface area contributed by atoms with Crippen molar-refractivity contribution in [2.45, 2.75) is 136 Å². The maximum atomic E-state index is 14.5. The average Bonchev–Trinajstić information content (AvgIpc) is 0.729. The highest BCUT2D eigenvalue weighted by Gasteiger charge is 2.33.